The van der Waals surface area contributed by atoms with Crippen molar-refractivity contribution in [3.05, 3.63) is 29.8 Å². The number of hydrogen-bond acceptors (Lipinski definition) is 5. The minimum absolute atomic E-state index is 0. The van der Waals surface area contributed by atoms with Crippen LogP contribution in [-0.2, 0) is 20.7 Å². The molecule has 1 aliphatic rings. The summed E-state index contributed by atoms with van der Waals surface area (Å²) in [4.78, 5) is 28.4. The van der Waals surface area contributed by atoms with E-state index >= 15 is 0 Å². The highest BCUT2D eigenvalue weighted by Crippen LogP contribution is 2.15. The molecular weight excluding hydrogens is 403 g/mol. The standard InChI is InChI=1S/C19H30N4O3.2ClH/c1-3-16-6-4-5-7-17(16)21-18(24)15-22-9-11-23(12-10-22)19(25)14-20-8-13-26-2;;/h4-7,20H,3,8-15H2,1-2H3,(H,21,24);2*1H. The van der Waals surface area contributed by atoms with Crippen molar-refractivity contribution in [2.24, 2.45) is 0 Å². The van der Waals surface area contributed by atoms with Crippen molar-refractivity contribution in [2.75, 3.05) is 64.8 Å². The molecule has 0 atom stereocenters. The molecule has 7 nitrogen and oxygen atoms in total. The van der Waals surface area contributed by atoms with Crippen molar-refractivity contribution < 1.29 is 14.3 Å². The lowest BCUT2D eigenvalue weighted by Gasteiger charge is -2.34. The van der Waals surface area contributed by atoms with Gasteiger partial charge in [0.25, 0.3) is 0 Å². The van der Waals surface area contributed by atoms with Crippen molar-refractivity contribution in [1.29, 1.82) is 0 Å². The van der Waals surface area contributed by atoms with Gasteiger partial charge in [-0.3, -0.25) is 14.5 Å². The molecule has 1 saturated heterocycles. The monoisotopic (exact) mass is 434 g/mol. The number of para-hydroxylation sites is 1. The lowest BCUT2D eigenvalue weighted by atomic mass is 10.1. The Hall–Kier alpha value is -1.38. The zero-order valence-corrected chi connectivity index (χ0v) is 18.2. The van der Waals surface area contributed by atoms with Crippen LogP contribution in [-0.4, -0.2) is 81.1 Å². The predicted molar refractivity (Wildman–Crippen MR) is 117 cm³/mol. The highest BCUT2D eigenvalue weighted by Gasteiger charge is 2.22. The number of nitrogens with zero attached hydrogens (tertiary/aromatic N) is 2. The fraction of sp³-hybridized carbons (Fsp3) is 0.579. The first-order chi connectivity index (χ1) is 12.6. The first kappa shape index (κ1) is 26.6. The van der Waals surface area contributed by atoms with E-state index in [1.54, 1.807) is 7.11 Å². The van der Waals surface area contributed by atoms with E-state index in [2.05, 4.69) is 22.5 Å². The second kappa shape index (κ2) is 14.6. The number of carbonyl (C=O) groups is 2. The maximum absolute atomic E-state index is 12.3. The summed E-state index contributed by atoms with van der Waals surface area (Å²) in [5, 5.41) is 6.07. The number of nitrogens with one attached hydrogen (secondary N) is 2. The molecule has 2 rings (SSSR count). The molecule has 1 aliphatic heterocycles. The van der Waals surface area contributed by atoms with Gasteiger partial charge in [0.1, 0.15) is 0 Å². The van der Waals surface area contributed by atoms with E-state index in [9.17, 15) is 9.59 Å². The Labute approximate surface area is 180 Å². The van der Waals surface area contributed by atoms with Crippen LogP contribution in [0.4, 0.5) is 5.69 Å². The molecule has 0 aliphatic carbocycles. The van der Waals surface area contributed by atoms with Gasteiger partial charge >= 0.3 is 0 Å². The zero-order chi connectivity index (χ0) is 18.8. The van der Waals surface area contributed by atoms with Crippen LogP contribution >= 0.6 is 24.8 Å². The van der Waals surface area contributed by atoms with Crippen molar-refractivity contribution in [3.8, 4) is 0 Å². The first-order valence-electron chi connectivity index (χ1n) is 9.21. The Morgan fingerprint density at radius 1 is 1.11 bits per heavy atom. The van der Waals surface area contributed by atoms with Crippen LogP contribution in [0, 0.1) is 0 Å². The minimum atomic E-state index is -0.00749. The van der Waals surface area contributed by atoms with Gasteiger partial charge in [-0.15, -0.1) is 24.8 Å². The highest BCUT2D eigenvalue weighted by atomic mass is 35.5. The Balaban J connectivity index is 0.00000364. The fourth-order valence-electron chi connectivity index (χ4n) is 2.98. The van der Waals surface area contributed by atoms with Crippen LogP contribution in [0.5, 0.6) is 0 Å². The largest absolute Gasteiger partial charge is 0.383 e. The van der Waals surface area contributed by atoms with Crippen molar-refractivity contribution in [2.45, 2.75) is 13.3 Å². The van der Waals surface area contributed by atoms with Crippen LogP contribution < -0.4 is 10.6 Å². The predicted octanol–water partition coefficient (Wildman–Crippen LogP) is 1.41. The summed E-state index contributed by atoms with van der Waals surface area (Å²) in [6.45, 7) is 6.76. The zero-order valence-electron chi connectivity index (χ0n) is 16.6. The molecule has 2 N–H and O–H groups in total. The lowest BCUT2D eigenvalue weighted by Crippen LogP contribution is -2.52. The summed E-state index contributed by atoms with van der Waals surface area (Å²) >= 11 is 0. The first-order valence-corrected chi connectivity index (χ1v) is 9.21. The van der Waals surface area contributed by atoms with Crippen molar-refractivity contribution in [3.63, 3.8) is 0 Å². The number of carbonyl (C=O) groups excluding carboxylic acids is 2. The van der Waals surface area contributed by atoms with Gasteiger partial charge in [-0.2, -0.15) is 0 Å². The Morgan fingerprint density at radius 3 is 2.43 bits per heavy atom. The molecule has 1 heterocycles. The number of ether oxygens (including phenoxy) is 1. The van der Waals surface area contributed by atoms with E-state index in [1.807, 2.05) is 29.2 Å². The minimum Gasteiger partial charge on any atom is -0.383 e. The van der Waals surface area contributed by atoms with Gasteiger partial charge in [0, 0.05) is 45.5 Å². The van der Waals surface area contributed by atoms with Gasteiger partial charge in [-0.25, -0.2) is 0 Å². The second-order valence-corrected chi connectivity index (χ2v) is 6.39. The number of rotatable bonds is 9. The van der Waals surface area contributed by atoms with E-state index in [0.29, 0.717) is 52.4 Å². The number of hydrogen-bond donors (Lipinski definition) is 2. The van der Waals surface area contributed by atoms with Crippen LogP contribution in [0.25, 0.3) is 0 Å². The van der Waals surface area contributed by atoms with E-state index < -0.39 is 0 Å². The van der Waals surface area contributed by atoms with Gasteiger partial charge in [0.05, 0.1) is 19.7 Å². The molecule has 0 radical (unpaired) electrons. The van der Waals surface area contributed by atoms with Gasteiger partial charge in [-0.05, 0) is 18.1 Å². The van der Waals surface area contributed by atoms with Crippen LogP contribution in [0.3, 0.4) is 0 Å². The Morgan fingerprint density at radius 2 is 1.79 bits per heavy atom. The van der Waals surface area contributed by atoms with Gasteiger partial charge < -0.3 is 20.3 Å². The van der Waals surface area contributed by atoms with Crippen molar-refractivity contribution >= 4 is 42.3 Å². The van der Waals surface area contributed by atoms with Crippen molar-refractivity contribution in [1.82, 2.24) is 15.1 Å². The number of aryl methyl sites for hydroxylation is 1. The number of piperazine rings is 1. The van der Waals surface area contributed by atoms with Crippen LogP contribution in [0.15, 0.2) is 24.3 Å². The Kier molecular flexibility index (Phi) is 13.9. The van der Waals surface area contributed by atoms with E-state index in [1.165, 1.54) is 0 Å². The molecule has 0 saturated carbocycles. The van der Waals surface area contributed by atoms with Crippen LogP contribution in [0.1, 0.15) is 12.5 Å². The molecule has 2 amide bonds. The molecule has 0 spiro atoms. The SMILES string of the molecule is CCc1ccccc1NC(=O)CN1CCN(C(=O)CNCCOC)CC1.Cl.Cl. The third-order valence-corrected chi connectivity index (χ3v) is 4.52. The van der Waals surface area contributed by atoms with Gasteiger partial charge in [0.2, 0.25) is 11.8 Å². The second-order valence-electron chi connectivity index (χ2n) is 6.39. The smallest absolute Gasteiger partial charge is 0.238 e. The van der Waals surface area contributed by atoms with Gasteiger partial charge in [0.15, 0.2) is 0 Å². The maximum Gasteiger partial charge on any atom is 0.238 e. The summed E-state index contributed by atoms with van der Waals surface area (Å²) in [6, 6.07) is 7.87. The number of benzene rings is 1. The van der Waals surface area contributed by atoms with E-state index in [-0.39, 0.29) is 36.6 Å². The summed E-state index contributed by atoms with van der Waals surface area (Å²) < 4.78 is 4.95. The van der Waals surface area contributed by atoms with E-state index in [0.717, 1.165) is 17.7 Å². The van der Waals surface area contributed by atoms with Gasteiger partial charge in [-0.1, -0.05) is 25.1 Å². The summed E-state index contributed by atoms with van der Waals surface area (Å²) in [6.07, 6.45) is 0.885. The summed E-state index contributed by atoms with van der Waals surface area (Å²) in [5.41, 5.74) is 2.02. The molecular formula is C19H32Cl2N4O3. The molecule has 0 aromatic heterocycles. The molecule has 1 fully saturated rings. The highest BCUT2D eigenvalue weighted by molar-refractivity contribution is 5.93. The number of anilines is 1. The molecule has 0 unspecified atom stereocenters. The fourth-order valence-corrected chi connectivity index (χ4v) is 2.98. The topological polar surface area (TPSA) is 73.9 Å². The lowest BCUT2D eigenvalue weighted by molar-refractivity contribution is -0.132. The summed E-state index contributed by atoms with van der Waals surface area (Å²) in [5.74, 6) is 0.0917. The molecule has 28 heavy (non-hydrogen) atoms. The quantitative estimate of drug-likeness (QED) is 0.574. The van der Waals surface area contributed by atoms with Crippen LogP contribution in [0.2, 0.25) is 0 Å². The third kappa shape index (κ3) is 8.75. The molecule has 0 bridgehead atoms. The average Bonchev–Trinajstić information content (AvgIpc) is 2.66. The molecule has 1 aromatic carbocycles. The normalized spacial score (nSPS) is 14.0. The third-order valence-electron chi connectivity index (χ3n) is 4.52. The average molecular weight is 435 g/mol. The molecule has 1 aromatic rings. The molecule has 9 heteroatoms. The maximum atomic E-state index is 12.3. The number of amides is 2. The number of halogens is 2. The summed E-state index contributed by atoms with van der Waals surface area (Å²) in [7, 11) is 1.64. The molecule has 160 valence electrons. The number of methoxy groups -OCH3 is 1. The Bertz CT molecular complexity index is 596. The van der Waals surface area contributed by atoms with E-state index in [4.69, 9.17) is 4.74 Å².